The normalized spacial score (nSPS) is 22.4. The van der Waals surface area contributed by atoms with Crippen molar-refractivity contribution in [3.63, 3.8) is 0 Å². The zero-order chi connectivity index (χ0) is 14.5. The molecule has 1 aliphatic rings. The predicted octanol–water partition coefficient (Wildman–Crippen LogP) is 1.99. The average molecular weight is 277 g/mol. The number of rotatable bonds is 5. The predicted molar refractivity (Wildman–Crippen MR) is 77.2 cm³/mol. The van der Waals surface area contributed by atoms with E-state index >= 15 is 0 Å². The van der Waals surface area contributed by atoms with E-state index in [9.17, 15) is 9.90 Å². The van der Waals surface area contributed by atoms with Gasteiger partial charge in [-0.1, -0.05) is 30.3 Å². The minimum Gasteiger partial charge on any atom is -0.465 e. The maximum Gasteiger partial charge on any atom is 0.327 e. The molecule has 0 spiro atoms. The van der Waals surface area contributed by atoms with Crippen molar-refractivity contribution >= 4 is 5.97 Å². The molecule has 1 aromatic carbocycles. The molecular weight excluding hydrogens is 254 g/mol. The summed E-state index contributed by atoms with van der Waals surface area (Å²) >= 11 is 0. The first-order chi connectivity index (χ1) is 9.63. The summed E-state index contributed by atoms with van der Waals surface area (Å²) in [5.74, 6) is 0.0283. The zero-order valence-electron chi connectivity index (χ0n) is 12.2. The molecule has 1 aliphatic heterocycles. The second-order valence-electron chi connectivity index (χ2n) is 5.35. The van der Waals surface area contributed by atoms with E-state index < -0.39 is 0 Å². The lowest BCUT2D eigenvalue weighted by atomic mass is 10.0. The maximum atomic E-state index is 12.3. The minimum atomic E-state index is -0.361. The Hall–Kier alpha value is -1.39. The van der Waals surface area contributed by atoms with Crippen molar-refractivity contribution < 1.29 is 14.6 Å². The molecule has 0 radical (unpaired) electrons. The highest BCUT2D eigenvalue weighted by Gasteiger charge is 2.35. The number of nitrogens with zero attached hydrogens (tertiary/aromatic N) is 1. The molecule has 1 aromatic rings. The maximum absolute atomic E-state index is 12.3. The van der Waals surface area contributed by atoms with Gasteiger partial charge in [0.1, 0.15) is 6.04 Å². The molecule has 1 heterocycles. The van der Waals surface area contributed by atoms with Crippen LogP contribution in [-0.2, 0) is 9.53 Å². The summed E-state index contributed by atoms with van der Waals surface area (Å²) in [5.41, 5.74) is 0.956. The van der Waals surface area contributed by atoms with Crippen molar-refractivity contribution in [2.75, 3.05) is 19.7 Å². The Morgan fingerprint density at radius 2 is 2.15 bits per heavy atom. The zero-order valence-corrected chi connectivity index (χ0v) is 12.2. The number of aliphatic hydroxyl groups excluding tert-OH is 1. The summed E-state index contributed by atoms with van der Waals surface area (Å²) in [7, 11) is 0. The van der Waals surface area contributed by atoms with Gasteiger partial charge in [0.15, 0.2) is 0 Å². The van der Waals surface area contributed by atoms with Crippen LogP contribution in [0.3, 0.4) is 0 Å². The summed E-state index contributed by atoms with van der Waals surface area (Å²) in [6, 6.07) is 9.36. The van der Waals surface area contributed by atoms with E-state index in [2.05, 4.69) is 4.90 Å². The number of carbonyl (C=O) groups excluding carboxylic acids is 1. The Bertz CT molecular complexity index is 433. The van der Waals surface area contributed by atoms with Crippen LogP contribution in [0.2, 0.25) is 0 Å². The molecule has 4 nitrogen and oxygen atoms in total. The van der Waals surface area contributed by atoms with Crippen LogP contribution in [0.4, 0.5) is 0 Å². The first-order valence-electron chi connectivity index (χ1n) is 7.27. The Morgan fingerprint density at radius 3 is 2.70 bits per heavy atom. The average Bonchev–Trinajstić information content (AvgIpc) is 2.90. The lowest BCUT2D eigenvalue weighted by Crippen LogP contribution is -2.34. The molecule has 0 aliphatic carbocycles. The van der Waals surface area contributed by atoms with Gasteiger partial charge in [-0.25, -0.2) is 4.79 Å². The smallest absolute Gasteiger partial charge is 0.327 e. The fraction of sp³-hybridized carbons (Fsp3) is 0.562. The Labute approximate surface area is 120 Å². The number of hydrogen-bond acceptors (Lipinski definition) is 4. The number of hydrogen-bond donors (Lipinski definition) is 1. The van der Waals surface area contributed by atoms with Crippen LogP contribution >= 0.6 is 0 Å². The van der Waals surface area contributed by atoms with Crippen molar-refractivity contribution in [1.29, 1.82) is 0 Å². The van der Waals surface area contributed by atoms with Gasteiger partial charge in [0.25, 0.3) is 0 Å². The number of aliphatic hydroxyl groups is 1. The first kappa shape index (κ1) is 15.0. The van der Waals surface area contributed by atoms with Gasteiger partial charge in [-0.2, -0.15) is 0 Å². The van der Waals surface area contributed by atoms with E-state index in [-0.39, 0.29) is 24.0 Å². The summed E-state index contributed by atoms with van der Waals surface area (Å²) in [4.78, 5) is 14.4. The topological polar surface area (TPSA) is 49.8 Å². The van der Waals surface area contributed by atoms with Gasteiger partial charge in [-0.15, -0.1) is 0 Å². The molecule has 0 amide bonds. The van der Waals surface area contributed by atoms with Gasteiger partial charge in [-0.3, -0.25) is 4.90 Å². The van der Waals surface area contributed by atoms with E-state index in [1.54, 1.807) is 0 Å². The molecule has 1 saturated heterocycles. The molecule has 1 fully saturated rings. The van der Waals surface area contributed by atoms with Gasteiger partial charge in [0, 0.05) is 6.54 Å². The third-order valence-corrected chi connectivity index (χ3v) is 3.93. The third-order valence-electron chi connectivity index (χ3n) is 3.93. The highest BCUT2D eigenvalue weighted by atomic mass is 16.5. The quantitative estimate of drug-likeness (QED) is 0.836. The molecule has 0 saturated carbocycles. The summed E-state index contributed by atoms with van der Waals surface area (Å²) < 4.78 is 5.22. The lowest BCUT2D eigenvalue weighted by Gasteiger charge is -2.26. The van der Waals surface area contributed by atoms with Crippen LogP contribution in [0.15, 0.2) is 30.3 Å². The SMILES string of the molecule is CCOC(=O)C(c1ccccc1)N1CCC(C(C)O)C1. The molecule has 2 rings (SSSR count). The van der Waals surface area contributed by atoms with Gasteiger partial charge in [0.05, 0.1) is 12.7 Å². The Kier molecular flexibility index (Phi) is 5.15. The van der Waals surface area contributed by atoms with Crippen molar-refractivity contribution in [3.05, 3.63) is 35.9 Å². The number of likely N-dealkylation sites (tertiary alicyclic amines) is 1. The van der Waals surface area contributed by atoms with E-state index in [0.29, 0.717) is 6.61 Å². The molecule has 0 aromatic heterocycles. The van der Waals surface area contributed by atoms with Crippen molar-refractivity contribution in [2.24, 2.45) is 5.92 Å². The van der Waals surface area contributed by atoms with Crippen LogP contribution in [-0.4, -0.2) is 41.8 Å². The molecule has 4 heteroatoms. The van der Waals surface area contributed by atoms with Crippen LogP contribution in [0.1, 0.15) is 31.9 Å². The highest BCUT2D eigenvalue weighted by Crippen LogP contribution is 2.30. The summed E-state index contributed by atoms with van der Waals surface area (Å²) in [6.07, 6.45) is 0.582. The van der Waals surface area contributed by atoms with Crippen LogP contribution in [0.5, 0.6) is 0 Å². The van der Waals surface area contributed by atoms with Crippen LogP contribution in [0.25, 0.3) is 0 Å². The van der Waals surface area contributed by atoms with Crippen molar-refractivity contribution in [2.45, 2.75) is 32.4 Å². The number of benzene rings is 1. The fourth-order valence-electron chi connectivity index (χ4n) is 2.80. The van der Waals surface area contributed by atoms with E-state index in [1.807, 2.05) is 44.2 Å². The van der Waals surface area contributed by atoms with Crippen LogP contribution < -0.4 is 0 Å². The highest BCUT2D eigenvalue weighted by molar-refractivity contribution is 5.77. The minimum absolute atomic E-state index is 0.204. The molecule has 0 bridgehead atoms. The van der Waals surface area contributed by atoms with Gasteiger partial charge < -0.3 is 9.84 Å². The monoisotopic (exact) mass is 277 g/mol. The fourth-order valence-corrected chi connectivity index (χ4v) is 2.80. The Balaban J connectivity index is 2.18. The number of carbonyl (C=O) groups is 1. The van der Waals surface area contributed by atoms with Crippen molar-refractivity contribution in [3.8, 4) is 0 Å². The van der Waals surface area contributed by atoms with E-state index in [0.717, 1.165) is 25.1 Å². The summed E-state index contributed by atoms with van der Waals surface area (Å²) in [6.45, 7) is 5.57. The first-order valence-corrected chi connectivity index (χ1v) is 7.27. The molecule has 1 N–H and O–H groups in total. The second kappa shape index (κ2) is 6.86. The largest absolute Gasteiger partial charge is 0.465 e. The number of esters is 1. The standard InChI is InChI=1S/C16H23NO3/c1-3-20-16(19)15(13-7-5-4-6-8-13)17-10-9-14(11-17)12(2)18/h4-8,12,14-15,18H,3,9-11H2,1-2H3. The second-order valence-corrected chi connectivity index (χ2v) is 5.35. The van der Waals surface area contributed by atoms with Crippen molar-refractivity contribution in [1.82, 2.24) is 4.90 Å². The molecule has 20 heavy (non-hydrogen) atoms. The Morgan fingerprint density at radius 1 is 1.45 bits per heavy atom. The summed E-state index contributed by atoms with van der Waals surface area (Å²) in [5, 5.41) is 9.72. The van der Waals surface area contributed by atoms with E-state index in [4.69, 9.17) is 4.74 Å². The van der Waals surface area contributed by atoms with E-state index in [1.165, 1.54) is 0 Å². The third kappa shape index (κ3) is 3.38. The molecule has 3 atom stereocenters. The number of ether oxygens (including phenoxy) is 1. The van der Waals surface area contributed by atoms with Gasteiger partial charge in [0.2, 0.25) is 0 Å². The van der Waals surface area contributed by atoms with Gasteiger partial charge in [-0.05, 0) is 38.3 Å². The van der Waals surface area contributed by atoms with Gasteiger partial charge >= 0.3 is 5.97 Å². The lowest BCUT2D eigenvalue weighted by molar-refractivity contribution is -0.149. The molecule has 3 unspecified atom stereocenters. The molecular formula is C16H23NO3. The van der Waals surface area contributed by atoms with Crippen LogP contribution in [0, 0.1) is 5.92 Å². The molecule has 110 valence electrons.